The first-order valence-corrected chi connectivity index (χ1v) is 10.8. The van der Waals surface area contributed by atoms with Crippen LogP contribution in [0.3, 0.4) is 0 Å². The van der Waals surface area contributed by atoms with Gasteiger partial charge in [0.05, 0.1) is 34.6 Å². The molecule has 0 aliphatic carbocycles. The van der Waals surface area contributed by atoms with Crippen LogP contribution in [0.15, 0.2) is 48.7 Å². The van der Waals surface area contributed by atoms with Gasteiger partial charge in [0.2, 0.25) is 10.0 Å². The van der Waals surface area contributed by atoms with Crippen LogP contribution in [-0.4, -0.2) is 25.6 Å². The zero-order chi connectivity index (χ0) is 23.0. The monoisotopic (exact) mass is 455 g/mol. The van der Waals surface area contributed by atoms with Gasteiger partial charge in [0.15, 0.2) is 0 Å². The number of hydrogen-bond donors (Lipinski definition) is 2. The minimum Gasteiger partial charge on any atom is -0.345 e. The summed E-state index contributed by atoms with van der Waals surface area (Å²) < 4.78 is 77.1. The van der Waals surface area contributed by atoms with Gasteiger partial charge in [-0.1, -0.05) is 12.1 Å². The Kier molecular flexibility index (Phi) is 5.90. The molecular weight excluding hydrogens is 438 g/mol. The topological polar surface area (TPSA) is 88.2 Å². The minimum absolute atomic E-state index is 0.0930. The fourth-order valence-electron chi connectivity index (χ4n) is 2.87. The fraction of sp³-hybridized carbons (Fsp3) is 0.200. The summed E-state index contributed by atoms with van der Waals surface area (Å²) in [5, 5.41) is 3.00. The lowest BCUT2D eigenvalue weighted by atomic mass is 10.1. The molecule has 3 aromatic rings. The van der Waals surface area contributed by atoms with Crippen molar-refractivity contribution in [2.24, 2.45) is 0 Å². The largest absolute Gasteiger partial charge is 0.416 e. The van der Waals surface area contributed by atoms with E-state index in [0.29, 0.717) is 10.9 Å². The number of pyridine rings is 1. The lowest BCUT2D eigenvalue weighted by molar-refractivity contribution is -0.137. The lowest BCUT2D eigenvalue weighted by Gasteiger charge is -2.16. The Labute approximate surface area is 175 Å². The van der Waals surface area contributed by atoms with E-state index in [1.54, 1.807) is 6.92 Å². The Hall–Kier alpha value is -3.21. The molecule has 2 N–H and O–H groups in total. The first-order valence-electron chi connectivity index (χ1n) is 8.88. The molecule has 164 valence electrons. The summed E-state index contributed by atoms with van der Waals surface area (Å²) in [7, 11) is -3.65. The molecule has 2 aromatic carbocycles. The van der Waals surface area contributed by atoms with Crippen LogP contribution < -0.4 is 10.0 Å². The Balaban J connectivity index is 1.77. The van der Waals surface area contributed by atoms with Crippen LogP contribution in [0.25, 0.3) is 10.9 Å². The number of amides is 1. The summed E-state index contributed by atoms with van der Waals surface area (Å²) in [4.78, 5) is 16.5. The third-order valence-electron chi connectivity index (χ3n) is 4.41. The number of benzene rings is 2. The molecular formula is C20H17F4N3O3S. The molecule has 0 saturated heterocycles. The maximum absolute atomic E-state index is 14.2. The number of hydrogen-bond acceptors (Lipinski definition) is 4. The molecule has 1 aromatic heterocycles. The van der Waals surface area contributed by atoms with Crippen molar-refractivity contribution in [2.75, 3.05) is 11.0 Å². The number of rotatable bonds is 5. The Morgan fingerprint density at radius 2 is 1.81 bits per heavy atom. The van der Waals surface area contributed by atoms with Crippen molar-refractivity contribution >= 4 is 32.5 Å². The standard InChI is InChI=1S/C20H17F4N3O3S/c1-11(12-4-6-17(16(21)8-12)27-31(2,29)30)26-19(28)14-7-13-3-5-15(20(22,23)24)9-18(13)25-10-14/h3-11,27H,1-2H3,(H,26,28)/t11-/m0/s1. The third kappa shape index (κ3) is 5.48. The Morgan fingerprint density at radius 3 is 2.42 bits per heavy atom. The molecule has 0 aliphatic rings. The van der Waals surface area contributed by atoms with E-state index in [1.165, 1.54) is 24.3 Å². The van der Waals surface area contributed by atoms with Gasteiger partial charge in [0.1, 0.15) is 5.82 Å². The van der Waals surface area contributed by atoms with Crippen LogP contribution in [0.2, 0.25) is 0 Å². The highest BCUT2D eigenvalue weighted by atomic mass is 32.2. The molecule has 0 radical (unpaired) electrons. The molecule has 1 atom stereocenters. The van der Waals surface area contributed by atoms with Gasteiger partial charge in [0.25, 0.3) is 5.91 Å². The predicted octanol–water partition coefficient (Wildman–Crippen LogP) is 4.26. The Bertz CT molecular complexity index is 1260. The van der Waals surface area contributed by atoms with Gasteiger partial charge in [0, 0.05) is 11.6 Å². The first-order chi connectivity index (χ1) is 14.3. The lowest BCUT2D eigenvalue weighted by Crippen LogP contribution is -2.27. The van der Waals surface area contributed by atoms with Crippen molar-refractivity contribution in [3.05, 3.63) is 71.2 Å². The number of nitrogens with one attached hydrogen (secondary N) is 2. The number of fused-ring (bicyclic) bond motifs is 1. The number of anilines is 1. The van der Waals surface area contributed by atoms with Gasteiger partial charge in [-0.15, -0.1) is 0 Å². The number of nitrogens with zero attached hydrogens (tertiary/aromatic N) is 1. The number of carbonyl (C=O) groups is 1. The number of carbonyl (C=O) groups excluding carboxylic acids is 1. The summed E-state index contributed by atoms with van der Waals surface area (Å²) in [6.07, 6.45) is -2.45. The number of alkyl halides is 3. The summed E-state index contributed by atoms with van der Waals surface area (Å²) in [6, 6.07) is 7.59. The van der Waals surface area contributed by atoms with E-state index in [0.717, 1.165) is 30.7 Å². The third-order valence-corrected chi connectivity index (χ3v) is 5.00. The zero-order valence-electron chi connectivity index (χ0n) is 16.3. The van der Waals surface area contributed by atoms with Gasteiger partial charge >= 0.3 is 6.18 Å². The van der Waals surface area contributed by atoms with E-state index in [-0.39, 0.29) is 16.8 Å². The Morgan fingerprint density at radius 1 is 1.10 bits per heavy atom. The SMILES string of the molecule is C[C@H](NC(=O)c1cnc2cc(C(F)(F)F)ccc2c1)c1ccc(NS(C)(=O)=O)c(F)c1. The van der Waals surface area contributed by atoms with E-state index in [4.69, 9.17) is 0 Å². The molecule has 1 amide bonds. The zero-order valence-corrected chi connectivity index (χ0v) is 17.1. The van der Waals surface area contributed by atoms with Crippen LogP contribution in [0.1, 0.15) is 34.5 Å². The molecule has 1 heterocycles. The van der Waals surface area contributed by atoms with Crippen molar-refractivity contribution in [1.29, 1.82) is 0 Å². The van der Waals surface area contributed by atoms with Crippen LogP contribution >= 0.6 is 0 Å². The van der Waals surface area contributed by atoms with Crippen LogP contribution in [-0.2, 0) is 16.2 Å². The summed E-state index contributed by atoms with van der Waals surface area (Å²) in [6.45, 7) is 1.60. The van der Waals surface area contributed by atoms with Gasteiger partial charge in [-0.25, -0.2) is 12.8 Å². The number of halogens is 4. The van der Waals surface area contributed by atoms with Crippen LogP contribution in [0.4, 0.5) is 23.2 Å². The summed E-state index contributed by atoms with van der Waals surface area (Å²) in [5.41, 5.74) is -0.463. The maximum Gasteiger partial charge on any atom is 0.416 e. The summed E-state index contributed by atoms with van der Waals surface area (Å²) in [5.74, 6) is -1.36. The summed E-state index contributed by atoms with van der Waals surface area (Å²) >= 11 is 0. The van der Waals surface area contributed by atoms with Crippen molar-refractivity contribution in [3.8, 4) is 0 Å². The quantitative estimate of drug-likeness (QED) is 0.563. The smallest absolute Gasteiger partial charge is 0.345 e. The molecule has 3 rings (SSSR count). The van der Waals surface area contributed by atoms with Gasteiger partial charge in [-0.3, -0.25) is 14.5 Å². The van der Waals surface area contributed by atoms with E-state index in [9.17, 15) is 30.8 Å². The van der Waals surface area contributed by atoms with Gasteiger partial charge in [-0.2, -0.15) is 13.2 Å². The average molecular weight is 455 g/mol. The molecule has 0 aliphatic heterocycles. The normalized spacial score (nSPS) is 13.1. The van der Waals surface area contributed by atoms with Crippen LogP contribution in [0, 0.1) is 5.82 Å². The number of aromatic nitrogens is 1. The predicted molar refractivity (Wildman–Crippen MR) is 107 cm³/mol. The molecule has 0 spiro atoms. The minimum atomic E-state index is -4.50. The van der Waals surface area contributed by atoms with Crippen molar-refractivity contribution in [3.63, 3.8) is 0 Å². The average Bonchev–Trinajstić information content (AvgIpc) is 2.66. The molecule has 11 heteroatoms. The second-order valence-corrected chi connectivity index (χ2v) is 8.69. The molecule has 0 fully saturated rings. The molecule has 6 nitrogen and oxygen atoms in total. The van der Waals surface area contributed by atoms with Crippen molar-refractivity contribution in [2.45, 2.75) is 19.1 Å². The van der Waals surface area contributed by atoms with Gasteiger partial charge in [-0.05, 0) is 42.8 Å². The van der Waals surface area contributed by atoms with Crippen molar-refractivity contribution in [1.82, 2.24) is 10.3 Å². The second-order valence-electron chi connectivity index (χ2n) is 6.94. The fourth-order valence-corrected chi connectivity index (χ4v) is 3.43. The van der Waals surface area contributed by atoms with E-state index < -0.39 is 39.5 Å². The molecule has 0 bridgehead atoms. The van der Waals surface area contributed by atoms with Gasteiger partial charge < -0.3 is 5.32 Å². The molecule has 0 unspecified atom stereocenters. The van der Waals surface area contributed by atoms with E-state index in [2.05, 4.69) is 10.3 Å². The van der Waals surface area contributed by atoms with E-state index in [1.807, 2.05) is 4.72 Å². The van der Waals surface area contributed by atoms with Crippen LogP contribution in [0.5, 0.6) is 0 Å². The highest BCUT2D eigenvalue weighted by Crippen LogP contribution is 2.31. The highest BCUT2D eigenvalue weighted by Gasteiger charge is 2.30. The maximum atomic E-state index is 14.2. The number of sulfonamides is 1. The highest BCUT2D eigenvalue weighted by molar-refractivity contribution is 7.92. The first kappa shape index (κ1) is 22.5. The second kappa shape index (κ2) is 8.14. The van der Waals surface area contributed by atoms with E-state index >= 15 is 0 Å². The molecule has 0 saturated carbocycles. The van der Waals surface area contributed by atoms with Crippen molar-refractivity contribution < 1.29 is 30.8 Å². The molecule has 31 heavy (non-hydrogen) atoms.